The van der Waals surface area contributed by atoms with Crippen LogP contribution < -0.4 is 11.5 Å². The number of rotatable bonds is 5. The van der Waals surface area contributed by atoms with Gasteiger partial charge in [0.15, 0.2) is 0 Å². The summed E-state index contributed by atoms with van der Waals surface area (Å²) in [5.41, 5.74) is 18.8. The summed E-state index contributed by atoms with van der Waals surface area (Å²) in [5.74, 6) is 0. The number of aromatic nitrogens is 1. The Balaban J connectivity index is 1.31. The largest absolute Gasteiger partial charge is 0.319 e. The van der Waals surface area contributed by atoms with E-state index in [1.165, 1.54) is 51.1 Å². The van der Waals surface area contributed by atoms with Crippen LogP contribution in [0.4, 0.5) is 0 Å². The fraction of sp³-hybridized carbons (Fsp3) is 0.0513. The first-order valence-electron chi connectivity index (χ1n) is 15.0. The van der Waals surface area contributed by atoms with Crippen LogP contribution in [-0.4, -0.2) is 10.3 Å². The number of nitrogens with zero attached hydrogens (tertiary/aromatic N) is 2. The Bertz CT molecular complexity index is 2580. The van der Waals surface area contributed by atoms with E-state index in [2.05, 4.69) is 89.5 Å². The van der Waals surface area contributed by atoms with E-state index in [9.17, 15) is 0 Å². The first-order chi connectivity index (χ1) is 22.2. The number of thiophene rings is 2. The van der Waals surface area contributed by atoms with Crippen molar-refractivity contribution in [3.05, 3.63) is 145 Å². The second-order valence-electron chi connectivity index (χ2n) is 11.4. The van der Waals surface area contributed by atoms with Crippen LogP contribution in [0.2, 0.25) is 0 Å². The van der Waals surface area contributed by atoms with Crippen LogP contribution in [0.5, 0.6) is 0 Å². The number of fused-ring (bicyclic) bond motifs is 10. The molecule has 0 saturated carbocycles. The molecule has 45 heavy (non-hydrogen) atoms. The van der Waals surface area contributed by atoms with E-state index in [0.717, 1.165) is 27.9 Å². The summed E-state index contributed by atoms with van der Waals surface area (Å²) in [5, 5.41) is 7.57. The third kappa shape index (κ3) is 4.15. The van der Waals surface area contributed by atoms with Crippen LogP contribution in [0.25, 0.3) is 62.2 Å². The van der Waals surface area contributed by atoms with Crippen LogP contribution >= 0.6 is 22.7 Å². The van der Waals surface area contributed by atoms with Gasteiger partial charge in [0.05, 0.1) is 16.7 Å². The Morgan fingerprint density at radius 1 is 0.556 bits per heavy atom. The van der Waals surface area contributed by atoms with Gasteiger partial charge in [0.25, 0.3) is 0 Å². The van der Waals surface area contributed by atoms with Gasteiger partial charge in [-0.3, -0.25) is 4.99 Å². The van der Waals surface area contributed by atoms with Crippen LogP contribution in [0.3, 0.4) is 0 Å². The number of hydrogen-bond donors (Lipinski definition) is 2. The van der Waals surface area contributed by atoms with Gasteiger partial charge < -0.3 is 16.0 Å². The molecule has 216 valence electrons. The fourth-order valence-corrected chi connectivity index (χ4v) is 9.22. The van der Waals surface area contributed by atoms with E-state index >= 15 is 0 Å². The molecule has 3 heterocycles. The maximum Gasteiger partial charge on any atom is 0.125 e. The molecule has 0 amide bonds. The van der Waals surface area contributed by atoms with E-state index in [0.29, 0.717) is 0 Å². The van der Waals surface area contributed by atoms with Gasteiger partial charge in [-0.15, -0.1) is 22.7 Å². The van der Waals surface area contributed by atoms with Gasteiger partial charge in [-0.1, -0.05) is 103 Å². The summed E-state index contributed by atoms with van der Waals surface area (Å²) >= 11 is 3.75. The average Bonchev–Trinajstić information content (AvgIpc) is 3.75. The van der Waals surface area contributed by atoms with Crippen molar-refractivity contribution in [2.45, 2.75) is 12.3 Å². The molecule has 9 aromatic rings. The first kappa shape index (κ1) is 26.5. The van der Waals surface area contributed by atoms with Crippen LogP contribution in [0.15, 0.2) is 138 Å². The molecule has 1 unspecified atom stereocenters. The predicted octanol–water partition coefficient (Wildman–Crippen LogP) is 10.1. The lowest BCUT2D eigenvalue weighted by Gasteiger charge is -2.21. The molecule has 0 radical (unpaired) electrons. The van der Waals surface area contributed by atoms with Crippen molar-refractivity contribution in [3.8, 4) is 0 Å². The van der Waals surface area contributed by atoms with Crippen LogP contribution in [0, 0.1) is 0 Å². The standard InChI is InChI=1S/C39H28N4S2/c40-38(24-13-5-2-6-14-24)42-36(23-11-3-1-4-12-23)39(41)43-30-17-9-7-15-25(30)28-22-34-29(21-31(28)43)26-19-20-33-35(37(26)45-34)27-16-8-10-18-32(27)44-33/h1-22,38-39H,40-41H2/t38?,39-/m1/s1. The lowest BCUT2D eigenvalue weighted by Crippen LogP contribution is -2.30. The van der Waals surface area contributed by atoms with Crippen molar-refractivity contribution in [3.63, 3.8) is 0 Å². The highest BCUT2D eigenvalue weighted by Crippen LogP contribution is 2.46. The zero-order valence-electron chi connectivity index (χ0n) is 24.2. The second kappa shape index (κ2) is 10.4. The summed E-state index contributed by atoms with van der Waals surface area (Å²) in [6.45, 7) is 0. The normalized spacial score (nSPS) is 14.0. The van der Waals surface area contributed by atoms with Crippen molar-refractivity contribution in [2.24, 2.45) is 16.5 Å². The number of hydrogen-bond acceptors (Lipinski definition) is 5. The van der Waals surface area contributed by atoms with Gasteiger partial charge in [-0.2, -0.15) is 0 Å². The van der Waals surface area contributed by atoms with Gasteiger partial charge in [0.1, 0.15) is 12.3 Å². The molecule has 0 saturated heterocycles. The molecule has 0 spiro atoms. The van der Waals surface area contributed by atoms with Crippen LogP contribution in [0.1, 0.15) is 23.5 Å². The van der Waals surface area contributed by atoms with Crippen molar-refractivity contribution in [2.75, 3.05) is 0 Å². The van der Waals surface area contributed by atoms with E-state index < -0.39 is 12.3 Å². The quantitative estimate of drug-likeness (QED) is 0.189. The van der Waals surface area contributed by atoms with Gasteiger partial charge in [-0.25, -0.2) is 0 Å². The summed E-state index contributed by atoms with van der Waals surface area (Å²) in [4.78, 5) is 5.10. The predicted molar refractivity (Wildman–Crippen MR) is 195 cm³/mol. The highest BCUT2D eigenvalue weighted by Gasteiger charge is 2.23. The Kier molecular flexibility index (Phi) is 6.11. The molecule has 4 N–H and O–H groups in total. The summed E-state index contributed by atoms with van der Waals surface area (Å²) in [7, 11) is 0. The van der Waals surface area contributed by atoms with Crippen molar-refractivity contribution >= 4 is 90.5 Å². The second-order valence-corrected chi connectivity index (χ2v) is 13.6. The lowest BCUT2D eigenvalue weighted by atomic mass is 10.1. The molecule has 9 rings (SSSR count). The average molecular weight is 617 g/mol. The molecule has 3 aromatic heterocycles. The Hall–Kier alpha value is -4.85. The molecular formula is C39H28N4S2. The monoisotopic (exact) mass is 616 g/mol. The lowest BCUT2D eigenvalue weighted by molar-refractivity contribution is 0.690. The maximum atomic E-state index is 7.31. The third-order valence-electron chi connectivity index (χ3n) is 8.86. The molecule has 0 aliphatic carbocycles. The SMILES string of the molecule is NC(N=C(c1ccccc1)[C@H](N)n1c2ccccc2c2cc3sc4c(ccc5sc6ccccc6c54)c3cc21)c1ccccc1. The van der Waals surface area contributed by atoms with Gasteiger partial charge in [0.2, 0.25) is 0 Å². The maximum absolute atomic E-state index is 7.31. The topological polar surface area (TPSA) is 69.3 Å². The molecule has 6 heteroatoms. The Morgan fingerprint density at radius 2 is 1.27 bits per heavy atom. The highest BCUT2D eigenvalue weighted by atomic mass is 32.1. The molecule has 2 atom stereocenters. The van der Waals surface area contributed by atoms with Crippen molar-refractivity contribution in [1.82, 2.24) is 4.57 Å². The minimum Gasteiger partial charge on any atom is -0.319 e. The zero-order chi connectivity index (χ0) is 30.1. The Morgan fingerprint density at radius 3 is 2.09 bits per heavy atom. The van der Waals surface area contributed by atoms with E-state index in [1.54, 1.807) is 0 Å². The zero-order valence-corrected chi connectivity index (χ0v) is 25.9. The summed E-state index contributed by atoms with van der Waals surface area (Å²) in [6.07, 6.45) is -1.12. The molecule has 0 aliphatic rings. The molecule has 0 aliphatic heterocycles. The molecule has 6 aromatic carbocycles. The Labute approximate surface area is 267 Å². The highest BCUT2D eigenvalue weighted by molar-refractivity contribution is 7.29. The fourth-order valence-electron chi connectivity index (χ4n) is 6.76. The molecule has 0 fully saturated rings. The number of aliphatic imine (C=N–C) groups is 1. The minimum absolute atomic E-state index is 0.545. The number of para-hydroxylation sites is 1. The molecule has 4 nitrogen and oxygen atoms in total. The van der Waals surface area contributed by atoms with Gasteiger partial charge in [0, 0.05) is 51.1 Å². The third-order valence-corrected chi connectivity index (χ3v) is 11.2. The van der Waals surface area contributed by atoms with Crippen LogP contribution in [-0.2, 0) is 0 Å². The minimum atomic E-state index is -0.570. The number of benzene rings is 6. The molecule has 0 bridgehead atoms. The smallest absolute Gasteiger partial charge is 0.125 e. The summed E-state index contributed by atoms with van der Waals surface area (Å²) < 4.78 is 7.52. The van der Waals surface area contributed by atoms with Crippen molar-refractivity contribution in [1.29, 1.82) is 0 Å². The van der Waals surface area contributed by atoms with E-state index in [-0.39, 0.29) is 0 Å². The van der Waals surface area contributed by atoms with Crippen molar-refractivity contribution < 1.29 is 0 Å². The van der Waals surface area contributed by atoms with E-state index in [1.807, 2.05) is 71.2 Å². The molecular weight excluding hydrogens is 589 g/mol. The van der Waals surface area contributed by atoms with Gasteiger partial charge in [-0.05, 0) is 41.5 Å². The first-order valence-corrected chi connectivity index (χ1v) is 16.7. The van der Waals surface area contributed by atoms with E-state index in [4.69, 9.17) is 16.5 Å². The number of nitrogens with two attached hydrogens (primary N) is 2. The van der Waals surface area contributed by atoms with Gasteiger partial charge >= 0.3 is 0 Å². The summed E-state index contributed by atoms with van der Waals surface area (Å²) in [6, 6.07) is 46.7.